The predicted molar refractivity (Wildman–Crippen MR) is 62.5 cm³/mol. The molecule has 3 rings (SSSR count). The molecule has 0 atom stereocenters. The number of hydrogen-bond acceptors (Lipinski definition) is 2. The molecular formula is C14H12O2. The third kappa shape index (κ3) is 1.43. The maximum absolute atomic E-state index is 5.13. The lowest BCUT2D eigenvalue weighted by Gasteiger charge is -2.03. The Labute approximate surface area is 94.4 Å². The summed E-state index contributed by atoms with van der Waals surface area (Å²) in [7, 11) is 0. The summed E-state index contributed by atoms with van der Waals surface area (Å²) in [5.41, 5.74) is 3.57. The molecule has 80 valence electrons. The van der Waals surface area contributed by atoms with Gasteiger partial charge in [0.15, 0.2) is 11.5 Å². The molecule has 2 aromatic rings. The van der Waals surface area contributed by atoms with Gasteiger partial charge in [0.1, 0.15) is 0 Å². The average molecular weight is 212 g/mol. The van der Waals surface area contributed by atoms with Crippen LogP contribution in [0.4, 0.5) is 0 Å². The number of aryl methyl sites for hydroxylation is 1. The Kier molecular flexibility index (Phi) is 2.07. The molecule has 16 heavy (non-hydrogen) atoms. The zero-order valence-corrected chi connectivity index (χ0v) is 9.07. The second-order valence-electron chi connectivity index (χ2n) is 3.88. The van der Waals surface area contributed by atoms with Crippen LogP contribution in [-0.2, 0) is 6.42 Å². The summed E-state index contributed by atoms with van der Waals surface area (Å²) >= 11 is 0. The van der Waals surface area contributed by atoms with Crippen molar-refractivity contribution < 1.29 is 9.78 Å². The van der Waals surface area contributed by atoms with Crippen LogP contribution in [0.15, 0.2) is 42.5 Å². The van der Waals surface area contributed by atoms with Crippen LogP contribution in [0, 0.1) is 0 Å². The number of hydrogen-bond donors (Lipinski definition) is 0. The van der Waals surface area contributed by atoms with E-state index in [1.54, 1.807) is 0 Å². The molecule has 0 saturated heterocycles. The van der Waals surface area contributed by atoms with E-state index in [0.29, 0.717) is 0 Å². The summed E-state index contributed by atoms with van der Waals surface area (Å²) in [6, 6.07) is 14.4. The third-order valence-corrected chi connectivity index (χ3v) is 2.85. The van der Waals surface area contributed by atoms with Crippen molar-refractivity contribution in [2.24, 2.45) is 0 Å². The van der Waals surface area contributed by atoms with Gasteiger partial charge >= 0.3 is 0 Å². The third-order valence-electron chi connectivity index (χ3n) is 2.85. The summed E-state index contributed by atoms with van der Waals surface area (Å²) in [5, 5.41) is 0. The van der Waals surface area contributed by atoms with Crippen LogP contribution in [0.2, 0.25) is 0 Å². The quantitative estimate of drug-likeness (QED) is 0.708. The van der Waals surface area contributed by atoms with Gasteiger partial charge < -0.3 is 0 Å². The standard InChI is InChI=1S/C14H12O2/c1-2-10-3-5-11(6-4-10)13-8-7-12-9-14(13)16-15-12/h3-9H,2H2,1H3. The number of rotatable bonds is 2. The van der Waals surface area contributed by atoms with E-state index >= 15 is 0 Å². The highest BCUT2D eigenvalue weighted by Crippen LogP contribution is 2.37. The molecule has 1 heterocycles. The fourth-order valence-electron chi connectivity index (χ4n) is 1.87. The van der Waals surface area contributed by atoms with Crippen molar-refractivity contribution in [3.05, 3.63) is 48.0 Å². The van der Waals surface area contributed by atoms with Crippen molar-refractivity contribution in [3.63, 3.8) is 0 Å². The lowest BCUT2D eigenvalue weighted by Crippen LogP contribution is -1.91. The molecule has 1 aliphatic rings. The molecule has 2 nitrogen and oxygen atoms in total. The second kappa shape index (κ2) is 3.56. The normalized spacial score (nSPS) is 12.1. The van der Waals surface area contributed by atoms with E-state index in [4.69, 9.17) is 9.78 Å². The van der Waals surface area contributed by atoms with E-state index in [0.717, 1.165) is 29.0 Å². The Bertz CT molecular complexity index is 515. The highest BCUT2D eigenvalue weighted by Gasteiger charge is 2.15. The molecule has 0 aliphatic carbocycles. The van der Waals surface area contributed by atoms with Crippen molar-refractivity contribution >= 4 is 0 Å². The molecule has 2 heteroatoms. The minimum atomic E-state index is 0.768. The van der Waals surface area contributed by atoms with Gasteiger partial charge in [-0.15, -0.1) is 0 Å². The second-order valence-corrected chi connectivity index (χ2v) is 3.88. The van der Waals surface area contributed by atoms with Crippen LogP contribution < -0.4 is 9.78 Å². The molecule has 0 amide bonds. The molecule has 0 unspecified atom stereocenters. The zero-order valence-electron chi connectivity index (χ0n) is 9.07. The van der Waals surface area contributed by atoms with Crippen LogP contribution in [0.5, 0.6) is 11.5 Å². The largest absolute Gasteiger partial charge is 0.290 e. The van der Waals surface area contributed by atoms with Crippen LogP contribution in [-0.4, -0.2) is 0 Å². The van der Waals surface area contributed by atoms with Crippen LogP contribution in [0.25, 0.3) is 11.1 Å². The predicted octanol–water partition coefficient (Wildman–Crippen LogP) is 3.60. The monoisotopic (exact) mass is 212 g/mol. The fourth-order valence-corrected chi connectivity index (χ4v) is 1.87. The van der Waals surface area contributed by atoms with Crippen molar-refractivity contribution in [2.75, 3.05) is 0 Å². The lowest BCUT2D eigenvalue weighted by atomic mass is 10.0. The van der Waals surface area contributed by atoms with Crippen LogP contribution in [0.3, 0.4) is 0 Å². The van der Waals surface area contributed by atoms with E-state index in [1.165, 1.54) is 5.56 Å². The highest BCUT2D eigenvalue weighted by molar-refractivity contribution is 5.72. The first-order valence-corrected chi connectivity index (χ1v) is 5.44. The Hall–Kier alpha value is -1.96. The zero-order chi connectivity index (χ0) is 11.0. The van der Waals surface area contributed by atoms with Crippen molar-refractivity contribution in [1.29, 1.82) is 0 Å². The first-order chi connectivity index (χ1) is 7.86. The Balaban J connectivity index is 2.03. The van der Waals surface area contributed by atoms with Gasteiger partial charge in [-0.1, -0.05) is 31.2 Å². The molecule has 0 radical (unpaired) electrons. The van der Waals surface area contributed by atoms with Gasteiger partial charge in [-0.2, -0.15) is 0 Å². The van der Waals surface area contributed by atoms with Gasteiger partial charge in [-0.05, 0) is 29.7 Å². The molecule has 0 spiro atoms. The van der Waals surface area contributed by atoms with Crippen LogP contribution >= 0.6 is 0 Å². The smallest absolute Gasteiger partial charge is 0.190 e. The van der Waals surface area contributed by atoms with E-state index in [9.17, 15) is 0 Å². The minimum absolute atomic E-state index is 0.768. The van der Waals surface area contributed by atoms with Gasteiger partial charge in [0.25, 0.3) is 0 Å². The van der Waals surface area contributed by atoms with E-state index in [-0.39, 0.29) is 0 Å². The van der Waals surface area contributed by atoms with Crippen molar-refractivity contribution in [3.8, 4) is 22.6 Å². The van der Waals surface area contributed by atoms with Gasteiger partial charge in [0.05, 0.1) is 0 Å². The van der Waals surface area contributed by atoms with Gasteiger partial charge in [-0.3, -0.25) is 9.78 Å². The number of fused-ring (bicyclic) bond motifs is 2. The first kappa shape index (κ1) is 9.28. The highest BCUT2D eigenvalue weighted by atomic mass is 17.2. The molecule has 2 aromatic carbocycles. The molecule has 0 saturated carbocycles. The van der Waals surface area contributed by atoms with E-state index in [2.05, 4.69) is 31.2 Å². The topological polar surface area (TPSA) is 18.5 Å². The molecule has 0 fully saturated rings. The summed E-state index contributed by atoms with van der Waals surface area (Å²) in [4.78, 5) is 10.1. The number of benzene rings is 2. The first-order valence-electron chi connectivity index (χ1n) is 5.44. The minimum Gasteiger partial charge on any atom is -0.290 e. The van der Waals surface area contributed by atoms with Crippen molar-refractivity contribution in [1.82, 2.24) is 0 Å². The summed E-state index contributed by atoms with van der Waals surface area (Å²) in [6.45, 7) is 2.15. The average Bonchev–Trinajstić information content (AvgIpc) is 2.72. The Morgan fingerprint density at radius 3 is 2.50 bits per heavy atom. The van der Waals surface area contributed by atoms with Crippen molar-refractivity contribution in [2.45, 2.75) is 13.3 Å². The van der Waals surface area contributed by atoms with E-state index < -0.39 is 0 Å². The SMILES string of the molecule is CCc1ccc(-c2ccc3cc2OO3)cc1. The molecule has 0 aromatic heterocycles. The van der Waals surface area contributed by atoms with Gasteiger partial charge in [0, 0.05) is 11.6 Å². The Morgan fingerprint density at radius 2 is 1.75 bits per heavy atom. The maximum Gasteiger partial charge on any atom is 0.190 e. The molecule has 1 aliphatic heterocycles. The Morgan fingerprint density at radius 1 is 0.938 bits per heavy atom. The lowest BCUT2D eigenvalue weighted by molar-refractivity contribution is -0.0842. The molecule has 0 N–H and O–H groups in total. The summed E-state index contributed by atoms with van der Waals surface area (Å²) in [5.74, 6) is 1.56. The van der Waals surface area contributed by atoms with Gasteiger partial charge in [-0.25, -0.2) is 0 Å². The van der Waals surface area contributed by atoms with E-state index in [1.807, 2.05) is 18.2 Å². The van der Waals surface area contributed by atoms with Gasteiger partial charge in [0.2, 0.25) is 0 Å². The summed E-state index contributed by atoms with van der Waals surface area (Å²) < 4.78 is 0. The molecule has 2 bridgehead atoms. The van der Waals surface area contributed by atoms with Crippen LogP contribution in [0.1, 0.15) is 12.5 Å². The fraction of sp³-hybridized carbons (Fsp3) is 0.143. The maximum atomic E-state index is 5.13. The summed E-state index contributed by atoms with van der Waals surface area (Å²) in [6.07, 6.45) is 1.06. The molecular weight excluding hydrogens is 200 g/mol.